The zero-order valence-electron chi connectivity index (χ0n) is 11.9. The summed E-state index contributed by atoms with van der Waals surface area (Å²) in [4.78, 5) is 1.50. The molecule has 1 aliphatic heterocycles. The van der Waals surface area contributed by atoms with Crippen molar-refractivity contribution >= 4 is 11.8 Å². The fourth-order valence-corrected chi connectivity index (χ4v) is 4.71. The van der Waals surface area contributed by atoms with Crippen LogP contribution < -0.4 is 5.32 Å². The van der Waals surface area contributed by atoms with E-state index in [2.05, 4.69) is 48.3 Å². The van der Waals surface area contributed by atoms with Gasteiger partial charge in [0.25, 0.3) is 0 Å². The molecule has 2 heteroatoms. The number of hydrogen-bond acceptors (Lipinski definition) is 2. The topological polar surface area (TPSA) is 12.0 Å². The van der Waals surface area contributed by atoms with E-state index in [0.717, 1.165) is 17.2 Å². The van der Waals surface area contributed by atoms with Crippen LogP contribution in [0.2, 0.25) is 0 Å². The van der Waals surface area contributed by atoms with Crippen LogP contribution >= 0.6 is 11.8 Å². The molecule has 1 aromatic carbocycles. The van der Waals surface area contributed by atoms with Gasteiger partial charge in [-0.15, -0.1) is 11.8 Å². The number of fused-ring (bicyclic) bond motifs is 1. The molecule has 3 atom stereocenters. The summed E-state index contributed by atoms with van der Waals surface area (Å²) in [6, 6.07) is 9.65. The minimum atomic E-state index is 0.743. The fourth-order valence-electron chi connectivity index (χ4n) is 3.45. The third-order valence-corrected chi connectivity index (χ3v) is 6.00. The van der Waals surface area contributed by atoms with Gasteiger partial charge in [0.1, 0.15) is 0 Å². The molecular weight excluding hydrogens is 250 g/mol. The second kappa shape index (κ2) is 6.32. The standard InChI is InChI=1S/C17H25NS/c1-13-7-3-2-4-9-16(13)18-12-15-11-14-8-5-6-10-17(14)19-15/h5-6,8,10,13,15-16,18H,2-4,7,9,11-12H2,1H3. The Labute approximate surface area is 121 Å². The lowest BCUT2D eigenvalue weighted by Gasteiger charge is -2.24. The molecule has 0 amide bonds. The molecule has 0 spiro atoms. The Bertz CT molecular complexity index is 392. The normalized spacial score (nSPS) is 30.9. The summed E-state index contributed by atoms with van der Waals surface area (Å²) >= 11 is 2.07. The van der Waals surface area contributed by atoms with E-state index in [1.54, 1.807) is 5.56 Å². The summed E-state index contributed by atoms with van der Waals surface area (Å²) in [7, 11) is 0. The van der Waals surface area contributed by atoms with Crippen LogP contribution in [0.5, 0.6) is 0 Å². The van der Waals surface area contributed by atoms with E-state index in [4.69, 9.17) is 0 Å². The first-order valence-corrected chi connectivity index (χ1v) is 8.69. The monoisotopic (exact) mass is 275 g/mol. The highest BCUT2D eigenvalue weighted by Crippen LogP contribution is 2.36. The number of hydrogen-bond donors (Lipinski definition) is 1. The lowest BCUT2D eigenvalue weighted by Crippen LogP contribution is -2.38. The first-order valence-electron chi connectivity index (χ1n) is 7.81. The van der Waals surface area contributed by atoms with Gasteiger partial charge >= 0.3 is 0 Å². The van der Waals surface area contributed by atoms with Crippen molar-refractivity contribution in [2.75, 3.05) is 6.54 Å². The first-order chi connectivity index (χ1) is 9.33. The van der Waals surface area contributed by atoms with Crippen molar-refractivity contribution in [2.45, 2.75) is 61.6 Å². The second-order valence-corrected chi connectivity index (χ2v) is 7.52. The maximum atomic E-state index is 3.87. The van der Waals surface area contributed by atoms with E-state index in [-0.39, 0.29) is 0 Å². The fraction of sp³-hybridized carbons (Fsp3) is 0.647. The SMILES string of the molecule is CC1CCCCCC1NCC1Cc2ccccc2S1. The van der Waals surface area contributed by atoms with Gasteiger partial charge in [0.2, 0.25) is 0 Å². The molecule has 0 saturated heterocycles. The molecule has 0 radical (unpaired) electrons. The third-order valence-electron chi connectivity index (χ3n) is 4.68. The molecular formula is C17H25NS. The Morgan fingerprint density at radius 2 is 2.00 bits per heavy atom. The summed E-state index contributed by atoms with van der Waals surface area (Å²) in [6.07, 6.45) is 8.32. The lowest BCUT2D eigenvalue weighted by molar-refractivity contribution is 0.358. The van der Waals surface area contributed by atoms with Crippen molar-refractivity contribution in [3.63, 3.8) is 0 Å². The number of nitrogens with one attached hydrogen (secondary N) is 1. The van der Waals surface area contributed by atoms with E-state index in [0.29, 0.717) is 0 Å². The van der Waals surface area contributed by atoms with E-state index in [1.807, 2.05) is 0 Å². The van der Waals surface area contributed by atoms with Crippen LogP contribution in [0.25, 0.3) is 0 Å². The minimum absolute atomic E-state index is 0.743. The van der Waals surface area contributed by atoms with Crippen LogP contribution in [0.3, 0.4) is 0 Å². The van der Waals surface area contributed by atoms with Crippen molar-refractivity contribution in [3.8, 4) is 0 Å². The van der Waals surface area contributed by atoms with E-state index in [1.165, 1.54) is 50.0 Å². The number of thioether (sulfide) groups is 1. The molecule has 2 aliphatic rings. The molecule has 3 rings (SSSR count). The Kier molecular flexibility index (Phi) is 4.49. The largest absolute Gasteiger partial charge is 0.313 e. The molecule has 19 heavy (non-hydrogen) atoms. The minimum Gasteiger partial charge on any atom is -0.313 e. The first kappa shape index (κ1) is 13.5. The van der Waals surface area contributed by atoms with Crippen LogP contribution in [0.15, 0.2) is 29.2 Å². The molecule has 1 N–H and O–H groups in total. The Balaban J connectivity index is 1.51. The molecule has 0 aromatic heterocycles. The molecule has 1 aliphatic carbocycles. The van der Waals surface area contributed by atoms with Gasteiger partial charge in [0.05, 0.1) is 0 Å². The van der Waals surface area contributed by atoms with Crippen LogP contribution in [0.1, 0.15) is 44.6 Å². The molecule has 0 bridgehead atoms. The van der Waals surface area contributed by atoms with Gasteiger partial charge in [-0.25, -0.2) is 0 Å². The quantitative estimate of drug-likeness (QED) is 0.827. The highest BCUT2D eigenvalue weighted by molar-refractivity contribution is 8.00. The van der Waals surface area contributed by atoms with Crippen LogP contribution in [0.4, 0.5) is 0 Å². The van der Waals surface area contributed by atoms with Crippen molar-refractivity contribution in [1.29, 1.82) is 0 Å². The molecule has 1 saturated carbocycles. The van der Waals surface area contributed by atoms with Crippen LogP contribution in [-0.4, -0.2) is 17.8 Å². The van der Waals surface area contributed by atoms with Crippen LogP contribution in [0, 0.1) is 5.92 Å². The van der Waals surface area contributed by atoms with Gasteiger partial charge in [0, 0.05) is 22.7 Å². The smallest absolute Gasteiger partial charge is 0.0260 e. The van der Waals surface area contributed by atoms with Gasteiger partial charge in [-0.3, -0.25) is 0 Å². The maximum Gasteiger partial charge on any atom is 0.0260 e. The van der Waals surface area contributed by atoms with E-state index >= 15 is 0 Å². The van der Waals surface area contributed by atoms with Gasteiger partial charge in [-0.2, -0.15) is 0 Å². The molecule has 3 unspecified atom stereocenters. The van der Waals surface area contributed by atoms with Crippen molar-refractivity contribution in [3.05, 3.63) is 29.8 Å². The van der Waals surface area contributed by atoms with Crippen molar-refractivity contribution < 1.29 is 0 Å². The Morgan fingerprint density at radius 1 is 1.16 bits per heavy atom. The van der Waals surface area contributed by atoms with Gasteiger partial charge in [0.15, 0.2) is 0 Å². The van der Waals surface area contributed by atoms with Gasteiger partial charge in [-0.1, -0.05) is 44.4 Å². The average molecular weight is 275 g/mol. The number of rotatable bonds is 3. The maximum absolute atomic E-state index is 3.87. The van der Waals surface area contributed by atoms with E-state index in [9.17, 15) is 0 Å². The molecule has 1 aromatic rings. The summed E-state index contributed by atoms with van der Waals surface area (Å²) < 4.78 is 0. The number of benzene rings is 1. The third kappa shape index (κ3) is 3.35. The Morgan fingerprint density at radius 3 is 2.89 bits per heavy atom. The highest BCUT2D eigenvalue weighted by Gasteiger charge is 2.24. The average Bonchev–Trinajstić information content (AvgIpc) is 2.73. The predicted octanol–water partition coefficient (Wildman–Crippen LogP) is 4.26. The predicted molar refractivity (Wildman–Crippen MR) is 83.8 cm³/mol. The highest BCUT2D eigenvalue weighted by atomic mass is 32.2. The zero-order valence-corrected chi connectivity index (χ0v) is 12.7. The summed E-state index contributed by atoms with van der Waals surface area (Å²) in [5.74, 6) is 0.858. The summed E-state index contributed by atoms with van der Waals surface area (Å²) in [6.45, 7) is 3.61. The van der Waals surface area contributed by atoms with Gasteiger partial charge < -0.3 is 5.32 Å². The lowest BCUT2D eigenvalue weighted by atomic mass is 9.97. The Hall–Kier alpha value is -0.470. The molecule has 1 nitrogen and oxygen atoms in total. The zero-order chi connectivity index (χ0) is 13.1. The van der Waals surface area contributed by atoms with Crippen molar-refractivity contribution in [2.24, 2.45) is 5.92 Å². The van der Waals surface area contributed by atoms with Crippen molar-refractivity contribution in [1.82, 2.24) is 5.32 Å². The molecule has 1 fully saturated rings. The summed E-state index contributed by atoms with van der Waals surface area (Å²) in [5.41, 5.74) is 1.55. The van der Waals surface area contributed by atoms with E-state index < -0.39 is 0 Å². The summed E-state index contributed by atoms with van der Waals surface area (Å²) in [5, 5.41) is 4.61. The van der Waals surface area contributed by atoms with Gasteiger partial charge in [-0.05, 0) is 36.8 Å². The van der Waals surface area contributed by atoms with Crippen LogP contribution in [-0.2, 0) is 6.42 Å². The molecule has 104 valence electrons. The second-order valence-electron chi connectivity index (χ2n) is 6.18. The molecule has 1 heterocycles.